The van der Waals surface area contributed by atoms with Crippen molar-refractivity contribution in [3.8, 4) is 5.75 Å². The summed E-state index contributed by atoms with van der Waals surface area (Å²) >= 11 is 3.10. The molecule has 0 saturated carbocycles. The van der Waals surface area contributed by atoms with Gasteiger partial charge in [-0.2, -0.15) is 8.78 Å². The van der Waals surface area contributed by atoms with E-state index in [1.165, 1.54) is 36.4 Å². The molecule has 2 aromatic carbocycles. The lowest BCUT2D eigenvalue weighted by Gasteiger charge is -2.09. The Kier molecular flexibility index (Phi) is 6.17. The minimum Gasteiger partial charge on any atom is -0.434 e. The molecule has 11 heteroatoms. The Hall–Kier alpha value is -3.08. The van der Waals surface area contributed by atoms with Crippen molar-refractivity contribution >= 4 is 33.4 Å². The van der Waals surface area contributed by atoms with E-state index in [9.17, 15) is 23.7 Å². The Morgan fingerprint density at radius 3 is 2.46 bits per heavy atom. The van der Waals surface area contributed by atoms with Crippen molar-refractivity contribution in [2.24, 2.45) is 10.9 Å². The van der Waals surface area contributed by atoms with Crippen LogP contribution in [-0.4, -0.2) is 23.3 Å². The molecule has 8 nitrogen and oxygen atoms in total. The number of alkyl halides is 2. The molecule has 26 heavy (non-hydrogen) atoms. The first-order chi connectivity index (χ1) is 12.3. The number of carbonyl (C=O) groups excluding carboxylic acids is 1. The molecule has 0 heterocycles. The number of benzene rings is 2. The molecule has 0 unspecified atom stereocenters. The summed E-state index contributed by atoms with van der Waals surface area (Å²) in [6.07, 6.45) is 0. The minimum atomic E-state index is -3.13. The van der Waals surface area contributed by atoms with E-state index >= 15 is 0 Å². The minimum absolute atomic E-state index is 0.151. The molecular formula is C15H10BrF2N3O5. The Balaban J connectivity index is 2.17. The third-order valence-corrected chi connectivity index (χ3v) is 3.47. The molecule has 2 rings (SSSR count). The van der Waals surface area contributed by atoms with E-state index in [-0.39, 0.29) is 22.6 Å². The second-order valence-corrected chi connectivity index (χ2v) is 5.59. The molecule has 0 fully saturated rings. The molecule has 2 aromatic rings. The maximum atomic E-state index is 12.4. The van der Waals surface area contributed by atoms with E-state index in [0.29, 0.717) is 4.47 Å². The Labute approximate surface area is 153 Å². The van der Waals surface area contributed by atoms with Gasteiger partial charge < -0.3 is 15.3 Å². The quantitative estimate of drug-likeness (QED) is 0.247. The molecule has 0 aromatic heterocycles. The van der Waals surface area contributed by atoms with Gasteiger partial charge in [0.25, 0.3) is 5.69 Å². The van der Waals surface area contributed by atoms with Crippen molar-refractivity contribution in [3.05, 3.63) is 68.2 Å². The van der Waals surface area contributed by atoms with Gasteiger partial charge in [0.05, 0.1) is 4.92 Å². The molecule has 0 atom stereocenters. The predicted octanol–water partition coefficient (Wildman–Crippen LogP) is 3.44. The highest BCUT2D eigenvalue weighted by Gasteiger charge is 2.18. The number of nitrogens with zero attached hydrogens (tertiary/aromatic N) is 2. The number of rotatable bonds is 6. The highest BCUT2D eigenvalue weighted by Crippen LogP contribution is 2.25. The smallest absolute Gasteiger partial charge is 0.387 e. The number of hydrogen-bond acceptors (Lipinski definition) is 6. The lowest BCUT2D eigenvalue weighted by Crippen LogP contribution is -2.16. The van der Waals surface area contributed by atoms with Crippen molar-refractivity contribution in [1.82, 2.24) is 0 Å². The molecule has 0 radical (unpaired) electrons. The van der Waals surface area contributed by atoms with Gasteiger partial charge in [-0.3, -0.25) is 10.1 Å². The molecular weight excluding hydrogens is 420 g/mol. The number of oxime groups is 1. The lowest BCUT2D eigenvalue weighted by atomic mass is 10.2. The van der Waals surface area contributed by atoms with Crippen molar-refractivity contribution in [3.63, 3.8) is 0 Å². The van der Waals surface area contributed by atoms with E-state index in [0.717, 1.165) is 6.07 Å². The zero-order chi connectivity index (χ0) is 19.3. The van der Waals surface area contributed by atoms with Crippen LogP contribution in [-0.2, 0) is 4.84 Å². The number of ether oxygens (including phenoxy) is 1. The number of nitro benzene ring substituents is 1. The first-order valence-corrected chi connectivity index (χ1v) is 7.61. The van der Waals surface area contributed by atoms with Gasteiger partial charge in [0.1, 0.15) is 11.3 Å². The SMILES string of the molecule is N/C(=N\OC(=O)c1cc(Br)ccc1OC(F)F)c1ccc([N+](=O)[O-])cc1. The maximum Gasteiger partial charge on any atom is 0.387 e. The summed E-state index contributed by atoms with van der Waals surface area (Å²) < 4.78 is 29.5. The summed E-state index contributed by atoms with van der Waals surface area (Å²) in [7, 11) is 0. The molecule has 0 aliphatic rings. The van der Waals surface area contributed by atoms with Gasteiger partial charge in [-0.1, -0.05) is 21.1 Å². The molecule has 0 spiro atoms. The highest BCUT2D eigenvalue weighted by molar-refractivity contribution is 9.10. The number of hydrogen-bond donors (Lipinski definition) is 1. The summed E-state index contributed by atoms with van der Waals surface area (Å²) in [5.74, 6) is -1.70. The van der Waals surface area contributed by atoms with Crippen LogP contribution < -0.4 is 10.5 Å². The van der Waals surface area contributed by atoms with E-state index < -0.39 is 23.3 Å². The number of nitrogens with two attached hydrogens (primary N) is 1. The first kappa shape index (κ1) is 19.2. The average Bonchev–Trinajstić information content (AvgIpc) is 2.60. The number of carbonyl (C=O) groups is 1. The van der Waals surface area contributed by atoms with Gasteiger partial charge in [-0.05, 0) is 30.3 Å². The van der Waals surface area contributed by atoms with Crippen LogP contribution >= 0.6 is 15.9 Å². The Morgan fingerprint density at radius 1 is 1.23 bits per heavy atom. The van der Waals surface area contributed by atoms with E-state index in [4.69, 9.17) is 5.73 Å². The van der Waals surface area contributed by atoms with Crippen LogP contribution in [0.1, 0.15) is 15.9 Å². The molecule has 0 saturated heterocycles. The van der Waals surface area contributed by atoms with Crippen LogP contribution in [0.2, 0.25) is 0 Å². The van der Waals surface area contributed by atoms with Crippen molar-refractivity contribution in [2.45, 2.75) is 6.61 Å². The normalized spacial score (nSPS) is 11.3. The van der Waals surface area contributed by atoms with Gasteiger partial charge in [-0.25, -0.2) is 4.79 Å². The van der Waals surface area contributed by atoms with Crippen LogP contribution in [0.4, 0.5) is 14.5 Å². The summed E-state index contributed by atoms with van der Waals surface area (Å²) in [4.78, 5) is 26.7. The zero-order valence-corrected chi connectivity index (χ0v) is 14.4. The van der Waals surface area contributed by atoms with E-state index in [2.05, 4.69) is 30.7 Å². The number of nitro groups is 1. The number of halogens is 3. The topological polar surface area (TPSA) is 117 Å². The number of non-ortho nitro benzene ring substituents is 1. The highest BCUT2D eigenvalue weighted by atomic mass is 79.9. The summed E-state index contributed by atoms with van der Waals surface area (Å²) in [5.41, 5.74) is 5.46. The van der Waals surface area contributed by atoms with Crippen LogP contribution in [0.5, 0.6) is 5.75 Å². The Bertz CT molecular complexity index is 859. The Morgan fingerprint density at radius 2 is 1.88 bits per heavy atom. The molecule has 0 aliphatic heterocycles. The van der Waals surface area contributed by atoms with Crippen LogP contribution in [0.3, 0.4) is 0 Å². The zero-order valence-electron chi connectivity index (χ0n) is 12.8. The van der Waals surface area contributed by atoms with Gasteiger partial charge in [0, 0.05) is 22.2 Å². The van der Waals surface area contributed by atoms with Crippen molar-refractivity contribution in [2.75, 3.05) is 0 Å². The summed E-state index contributed by atoms with van der Waals surface area (Å²) in [6, 6.07) is 8.81. The fourth-order valence-corrected chi connectivity index (χ4v) is 2.17. The standard InChI is InChI=1S/C15H10BrF2N3O5/c16-9-3-6-12(25-15(17)18)11(7-9)14(22)26-20-13(19)8-1-4-10(5-2-8)21(23)24/h1-7,15H,(H2,19,20). The van der Waals surface area contributed by atoms with E-state index in [1.54, 1.807) is 0 Å². The van der Waals surface area contributed by atoms with Crippen LogP contribution in [0.25, 0.3) is 0 Å². The van der Waals surface area contributed by atoms with E-state index in [1.807, 2.05) is 0 Å². The van der Waals surface area contributed by atoms with Crippen LogP contribution in [0.15, 0.2) is 52.1 Å². The van der Waals surface area contributed by atoms with Crippen molar-refractivity contribution < 1.29 is 28.1 Å². The lowest BCUT2D eigenvalue weighted by molar-refractivity contribution is -0.384. The second kappa shape index (κ2) is 8.34. The molecule has 136 valence electrons. The second-order valence-electron chi connectivity index (χ2n) is 4.68. The largest absolute Gasteiger partial charge is 0.434 e. The average molecular weight is 430 g/mol. The van der Waals surface area contributed by atoms with Crippen molar-refractivity contribution in [1.29, 1.82) is 0 Å². The third-order valence-electron chi connectivity index (χ3n) is 2.98. The summed E-state index contributed by atoms with van der Waals surface area (Å²) in [5, 5.41) is 14.0. The fourth-order valence-electron chi connectivity index (χ4n) is 1.81. The monoisotopic (exact) mass is 429 g/mol. The molecule has 0 bridgehead atoms. The van der Waals surface area contributed by atoms with Gasteiger partial charge in [-0.15, -0.1) is 0 Å². The van der Waals surface area contributed by atoms with Crippen LogP contribution in [0, 0.1) is 10.1 Å². The third kappa shape index (κ3) is 4.96. The predicted molar refractivity (Wildman–Crippen MR) is 90.0 cm³/mol. The fraction of sp³-hybridized carbons (Fsp3) is 0.0667. The maximum absolute atomic E-state index is 12.4. The number of amidine groups is 1. The van der Waals surface area contributed by atoms with Gasteiger partial charge in [0.15, 0.2) is 5.84 Å². The van der Waals surface area contributed by atoms with Gasteiger partial charge >= 0.3 is 12.6 Å². The van der Waals surface area contributed by atoms with Gasteiger partial charge in [0.2, 0.25) is 0 Å². The molecule has 0 amide bonds. The first-order valence-electron chi connectivity index (χ1n) is 6.82. The summed E-state index contributed by atoms with van der Waals surface area (Å²) in [6.45, 7) is -3.13. The molecule has 0 aliphatic carbocycles. The molecule has 2 N–H and O–H groups in total.